The van der Waals surface area contributed by atoms with E-state index < -0.39 is 23.3 Å². The predicted molar refractivity (Wildman–Crippen MR) is 96.8 cm³/mol. The first-order valence-corrected chi connectivity index (χ1v) is 8.64. The van der Waals surface area contributed by atoms with Gasteiger partial charge in [-0.2, -0.15) is 13.2 Å². The third-order valence-corrected chi connectivity index (χ3v) is 4.17. The molecule has 0 aliphatic rings. The van der Waals surface area contributed by atoms with Crippen LogP contribution in [0.3, 0.4) is 0 Å². The molecule has 0 aromatic carbocycles. The van der Waals surface area contributed by atoms with Gasteiger partial charge in [0.1, 0.15) is 11.4 Å². The van der Waals surface area contributed by atoms with Gasteiger partial charge in [-0.3, -0.25) is 14.6 Å². The van der Waals surface area contributed by atoms with E-state index in [1.807, 2.05) is 13.0 Å². The number of aryl methyl sites for hydroxylation is 1. The summed E-state index contributed by atoms with van der Waals surface area (Å²) in [5, 5.41) is 0. The SMILES string of the molecule is CCc1cccc(C(=O)N(C)CCN(C)C(=O)c2ncccc2C(F)(F)F)n1. The molecule has 0 radical (unpaired) electrons. The summed E-state index contributed by atoms with van der Waals surface area (Å²) < 4.78 is 39.2. The highest BCUT2D eigenvalue weighted by Gasteiger charge is 2.36. The quantitative estimate of drug-likeness (QED) is 0.756. The van der Waals surface area contributed by atoms with Crippen molar-refractivity contribution in [2.45, 2.75) is 19.5 Å². The van der Waals surface area contributed by atoms with Crippen LogP contribution in [0.2, 0.25) is 0 Å². The van der Waals surface area contributed by atoms with Crippen molar-refractivity contribution in [1.82, 2.24) is 19.8 Å². The number of pyridine rings is 2. The van der Waals surface area contributed by atoms with Gasteiger partial charge in [-0.1, -0.05) is 13.0 Å². The number of nitrogens with zero attached hydrogens (tertiary/aromatic N) is 4. The lowest BCUT2D eigenvalue weighted by Gasteiger charge is -2.23. The third kappa shape index (κ3) is 5.05. The number of halogens is 3. The van der Waals surface area contributed by atoms with E-state index in [4.69, 9.17) is 0 Å². The molecule has 0 bridgehead atoms. The first kappa shape index (κ1) is 21.3. The van der Waals surface area contributed by atoms with E-state index in [9.17, 15) is 22.8 Å². The highest BCUT2D eigenvalue weighted by atomic mass is 19.4. The maximum Gasteiger partial charge on any atom is 0.418 e. The Labute approximate surface area is 161 Å². The second kappa shape index (κ2) is 8.81. The monoisotopic (exact) mass is 394 g/mol. The van der Waals surface area contributed by atoms with Gasteiger partial charge in [-0.05, 0) is 30.7 Å². The number of amides is 2. The number of aromatic nitrogens is 2. The van der Waals surface area contributed by atoms with Crippen molar-refractivity contribution in [2.75, 3.05) is 27.2 Å². The van der Waals surface area contributed by atoms with Crippen molar-refractivity contribution in [2.24, 2.45) is 0 Å². The summed E-state index contributed by atoms with van der Waals surface area (Å²) in [4.78, 5) is 35.2. The average Bonchev–Trinajstić information content (AvgIpc) is 2.69. The first-order valence-electron chi connectivity index (χ1n) is 8.64. The lowest BCUT2D eigenvalue weighted by molar-refractivity contribution is -0.138. The minimum absolute atomic E-state index is 0.0441. The van der Waals surface area contributed by atoms with Gasteiger partial charge in [0.05, 0.1) is 5.56 Å². The van der Waals surface area contributed by atoms with Gasteiger partial charge in [0.15, 0.2) is 0 Å². The fourth-order valence-electron chi connectivity index (χ4n) is 2.48. The number of hydrogen-bond donors (Lipinski definition) is 0. The summed E-state index contributed by atoms with van der Waals surface area (Å²) in [6.07, 6.45) is -2.85. The highest BCUT2D eigenvalue weighted by Crippen LogP contribution is 2.31. The lowest BCUT2D eigenvalue weighted by atomic mass is 10.1. The summed E-state index contributed by atoms with van der Waals surface area (Å²) in [6.45, 7) is 2.10. The first-order chi connectivity index (χ1) is 13.1. The molecule has 0 spiro atoms. The second-order valence-corrected chi connectivity index (χ2v) is 6.22. The maximum absolute atomic E-state index is 13.1. The Morgan fingerprint density at radius 2 is 1.64 bits per heavy atom. The van der Waals surface area contributed by atoms with Gasteiger partial charge in [0, 0.05) is 39.1 Å². The molecular weight excluding hydrogens is 373 g/mol. The second-order valence-electron chi connectivity index (χ2n) is 6.22. The molecule has 2 aromatic heterocycles. The predicted octanol–water partition coefficient (Wildman–Crippen LogP) is 2.90. The number of alkyl halides is 3. The molecule has 0 fully saturated rings. The van der Waals surface area contributed by atoms with Crippen molar-refractivity contribution in [3.05, 3.63) is 59.2 Å². The van der Waals surface area contributed by atoms with Gasteiger partial charge in [0.2, 0.25) is 0 Å². The molecule has 0 aliphatic heterocycles. The molecule has 0 saturated heterocycles. The van der Waals surface area contributed by atoms with Gasteiger partial charge in [0.25, 0.3) is 11.8 Å². The van der Waals surface area contributed by atoms with Crippen LogP contribution in [0.15, 0.2) is 36.5 Å². The van der Waals surface area contributed by atoms with Crippen LogP contribution in [-0.4, -0.2) is 58.8 Å². The smallest absolute Gasteiger partial charge is 0.339 e. The number of rotatable bonds is 6. The highest BCUT2D eigenvalue weighted by molar-refractivity contribution is 5.94. The fourth-order valence-corrected chi connectivity index (χ4v) is 2.48. The van der Waals surface area contributed by atoms with Crippen LogP contribution < -0.4 is 0 Å². The van der Waals surface area contributed by atoms with Crippen LogP contribution in [0.5, 0.6) is 0 Å². The average molecular weight is 394 g/mol. The zero-order chi connectivity index (χ0) is 20.9. The Hall–Kier alpha value is -2.97. The van der Waals surface area contributed by atoms with E-state index in [-0.39, 0.29) is 24.7 Å². The van der Waals surface area contributed by atoms with Gasteiger partial charge in [-0.15, -0.1) is 0 Å². The standard InChI is InChI=1S/C19H21F3N4O2/c1-4-13-7-5-9-15(24-13)17(27)25(2)11-12-26(3)18(28)16-14(19(20,21)22)8-6-10-23-16/h5-10H,4,11-12H2,1-3H3. The van der Waals surface area contributed by atoms with Crippen LogP contribution >= 0.6 is 0 Å². The summed E-state index contributed by atoms with van der Waals surface area (Å²) in [5.74, 6) is -1.19. The van der Waals surface area contributed by atoms with E-state index in [0.29, 0.717) is 6.42 Å². The molecule has 0 atom stereocenters. The van der Waals surface area contributed by atoms with Gasteiger partial charge < -0.3 is 9.80 Å². The molecule has 0 N–H and O–H groups in total. The Balaban J connectivity index is 2.04. The summed E-state index contributed by atoms with van der Waals surface area (Å²) >= 11 is 0. The summed E-state index contributed by atoms with van der Waals surface area (Å²) in [7, 11) is 2.91. The van der Waals surface area contributed by atoms with Crippen molar-refractivity contribution in [3.8, 4) is 0 Å². The van der Waals surface area contributed by atoms with Crippen molar-refractivity contribution >= 4 is 11.8 Å². The molecule has 28 heavy (non-hydrogen) atoms. The molecule has 2 aromatic rings. The van der Waals surface area contributed by atoms with E-state index >= 15 is 0 Å². The van der Waals surface area contributed by atoms with Crippen LogP contribution in [0.1, 0.15) is 39.2 Å². The Kier molecular flexibility index (Phi) is 6.71. The fraction of sp³-hybridized carbons (Fsp3) is 0.368. The summed E-state index contributed by atoms with van der Waals surface area (Å²) in [5.41, 5.74) is -0.693. The molecule has 2 rings (SSSR count). The third-order valence-electron chi connectivity index (χ3n) is 4.17. The van der Waals surface area contributed by atoms with Crippen molar-refractivity contribution in [1.29, 1.82) is 0 Å². The molecule has 0 aliphatic carbocycles. The number of hydrogen-bond acceptors (Lipinski definition) is 4. The molecule has 9 heteroatoms. The van der Waals surface area contributed by atoms with Gasteiger partial charge >= 0.3 is 6.18 Å². The van der Waals surface area contributed by atoms with E-state index in [0.717, 1.165) is 28.9 Å². The topological polar surface area (TPSA) is 66.4 Å². The minimum atomic E-state index is -4.68. The maximum atomic E-state index is 13.1. The normalized spacial score (nSPS) is 11.2. The molecule has 2 amide bonds. The zero-order valence-electron chi connectivity index (χ0n) is 15.8. The van der Waals surface area contributed by atoms with Gasteiger partial charge in [-0.25, -0.2) is 4.98 Å². The molecule has 0 unspecified atom stereocenters. The number of carbonyl (C=O) groups is 2. The van der Waals surface area contributed by atoms with Crippen molar-refractivity contribution in [3.63, 3.8) is 0 Å². The molecular formula is C19H21F3N4O2. The summed E-state index contributed by atoms with van der Waals surface area (Å²) in [6, 6.07) is 7.09. The molecule has 2 heterocycles. The Morgan fingerprint density at radius 3 is 2.25 bits per heavy atom. The van der Waals surface area contributed by atoms with Crippen LogP contribution in [0, 0.1) is 0 Å². The van der Waals surface area contributed by atoms with E-state index in [1.165, 1.54) is 11.9 Å². The van der Waals surface area contributed by atoms with Crippen LogP contribution in [0.25, 0.3) is 0 Å². The van der Waals surface area contributed by atoms with E-state index in [1.54, 1.807) is 19.2 Å². The molecule has 6 nitrogen and oxygen atoms in total. The minimum Gasteiger partial charge on any atom is -0.339 e. The number of likely N-dealkylation sites (N-methyl/N-ethyl adjacent to an activating group) is 2. The zero-order valence-corrected chi connectivity index (χ0v) is 15.8. The Morgan fingerprint density at radius 1 is 1.00 bits per heavy atom. The van der Waals surface area contributed by atoms with Crippen LogP contribution in [-0.2, 0) is 12.6 Å². The number of carbonyl (C=O) groups excluding carboxylic acids is 2. The Bertz CT molecular complexity index is 855. The largest absolute Gasteiger partial charge is 0.418 e. The van der Waals surface area contributed by atoms with E-state index in [2.05, 4.69) is 9.97 Å². The molecule has 0 saturated carbocycles. The van der Waals surface area contributed by atoms with Crippen LogP contribution in [0.4, 0.5) is 13.2 Å². The molecule has 150 valence electrons. The lowest BCUT2D eigenvalue weighted by Crippen LogP contribution is -2.38. The van der Waals surface area contributed by atoms with Crippen molar-refractivity contribution < 1.29 is 22.8 Å².